The minimum atomic E-state index is -0.426. The lowest BCUT2D eigenvalue weighted by Crippen LogP contribution is -2.33. The van der Waals surface area contributed by atoms with E-state index in [-0.39, 0.29) is 30.1 Å². The number of aliphatic hydroxyl groups excluding tert-OH is 1. The predicted molar refractivity (Wildman–Crippen MR) is 82.5 cm³/mol. The van der Waals surface area contributed by atoms with Crippen molar-refractivity contribution >= 4 is 17.5 Å². The standard InChI is InChI=1S/C16H21ClFNO3/c17-14-9-12(18)4-5-15(14)22-7-6-16(21)19-10-11-2-1-3-13(20)8-11/h4-5,9,11,13,20H,1-3,6-8,10H2,(H,19,21). The lowest BCUT2D eigenvalue weighted by Gasteiger charge is -2.25. The number of carbonyl (C=O) groups excluding carboxylic acids is 1. The molecule has 2 unspecified atom stereocenters. The normalized spacial score (nSPS) is 21.4. The van der Waals surface area contributed by atoms with Gasteiger partial charge in [0, 0.05) is 6.54 Å². The maximum absolute atomic E-state index is 12.9. The van der Waals surface area contributed by atoms with E-state index in [1.54, 1.807) is 0 Å². The Kier molecular flexibility index (Phi) is 6.46. The summed E-state index contributed by atoms with van der Waals surface area (Å²) < 4.78 is 18.3. The van der Waals surface area contributed by atoms with Gasteiger partial charge in [-0.1, -0.05) is 18.0 Å². The number of aliphatic hydroxyl groups is 1. The quantitative estimate of drug-likeness (QED) is 0.843. The van der Waals surface area contributed by atoms with Crippen LogP contribution in [0.15, 0.2) is 18.2 Å². The zero-order valence-electron chi connectivity index (χ0n) is 12.4. The van der Waals surface area contributed by atoms with Gasteiger partial charge in [0.05, 0.1) is 24.2 Å². The van der Waals surface area contributed by atoms with Crippen LogP contribution in [0.2, 0.25) is 5.02 Å². The van der Waals surface area contributed by atoms with Gasteiger partial charge in [-0.2, -0.15) is 0 Å². The Bertz CT molecular complexity index is 512. The summed E-state index contributed by atoms with van der Waals surface area (Å²) in [6.07, 6.45) is 3.63. The summed E-state index contributed by atoms with van der Waals surface area (Å²) >= 11 is 5.83. The third kappa shape index (κ3) is 5.46. The molecule has 0 aliphatic heterocycles. The number of hydrogen-bond acceptors (Lipinski definition) is 3. The maximum atomic E-state index is 12.9. The van der Waals surface area contributed by atoms with Gasteiger partial charge in [-0.3, -0.25) is 4.79 Å². The fourth-order valence-electron chi connectivity index (χ4n) is 2.64. The predicted octanol–water partition coefficient (Wildman–Crippen LogP) is 2.92. The number of ether oxygens (including phenoxy) is 1. The molecule has 0 bridgehead atoms. The monoisotopic (exact) mass is 329 g/mol. The zero-order valence-corrected chi connectivity index (χ0v) is 13.1. The molecule has 0 saturated heterocycles. The highest BCUT2D eigenvalue weighted by atomic mass is 35.5. The first-order valence-corrected chi connectivity index (χ1v) is 7.95. The van der Waals surface area contributed by atoms with Crippen LogP contribution in [-0.4, -0.2) is 30.3 Å². The Morgan fingerprint density at radius 2 is 2.27 bits per heavy atom. The largest absolute Gasteiger partial charge is 0.491 e. The fraction of sp³-hybridized carbons (Fsp3) is 0.562. The molecule has 1 saturated carbocycles. The van der Waals surface area contributed by atoms with Crippen molar-refractivity contribution in [3.8, 4) is 5.75 Å². The van der Waals surface area contributed by atoms with Crippen molar-refractivity contribution in [1.82, 2.24) is 5.32 Å². The summed E-state index contributed by atoms with van der Waals surface area (Å²) in [5, 5.41) is 12.6. The number of benzene rings is 1. The minimum Gasteiger partial charge on any atom is -0.491 e. The summed E-state index contributed by atoms with van der Waals surface area (Å²) in [5.41, 5.74) is 0. The van der Waals surface area contributed by atoms with E-state index in [0.29, 0.717) is 18.2 Å². The number of halogens is 2. The molecule has 2 N–H and O–H groups in total. The zero-order chi connectivity index (χ0) is 15.9. The minimum absolute atomic E-state index is 0.0988. The van der Waals surface area contributed by atoms with Gasteiger partial charge in [-0.15, -0.1) is 0 Å². The molecular weight excluding hydrogens is 309 g/mol. The molecule has 0 heterocycles. The van der Waals surface area contributed by atoms with E-state index in [4.69, 9.17) is 16.3 Å². The lowest BCUT2D eigenvalue weighted by atomic mass is 9.87. The molecule has 1 fully saturated rings. The van der Waals surface area contributed by atoms with Crippen molar-refractivity contribution in [2.45, 2.75) is 38.2 Å². The van der Waals surface area contributed by atoms with Crippen LogP contribution >= 0.6 is 11.6 Å². The Labute approximate surface area is 134 Å². The van der Waals surface area contributed by atoms with Crippen LogP contribution in [0.3, 0.4) is 0 Å². The van der Waals surface area contributed by atoms with Crippen molar-refractivity contribution < 1.29 is 19.0 Å². The van der Waals surface area contributed by atoms with Crippen LogP contribution in [0.1, 0.15) is 32.1 Å². The molecule has 4 nitrogen and oxygen atoms in total. The number of rotatable bonds is 6. The van der Waals surface area contributed by atoms with Crippen LogP contribution in [0.25, 0.3) is 0 Å². The van der Waals surface area contributed by atoms with E-state index in [1.807, 2.05) is 0 Å². The van der Waals surface area contributed by atoms with Crippen LogP contribution in [-0.2, 0) is 4.79 Å². The highest BCUT2D eigenvalue weighted by molar-refractivity contribution is 6.32. The van der Waals surface area contributed by atoms with Crippen molar-refractivity contribution in [3.63, 3.8) is 0 Å². The molecule has 0 spiro atoms. The molecule has 0 aromatic heterocycles. The van der Waals surface area contributed by atoms with Crippen molar-refractivity contribution in [2.75, 3.05) is 13.2 Å². The molecule has 2 rings (SSSR count). The molecule has 1 amide bonds. The topological polar surface area (TPSA) is 58.6 Å². The Hall–Kier alpha value is -1.33. The fourth-order valence-corrected chi connectivity index (χ4v) is 2.86. The molecular formula is C16H21ClFNO3. The summed E-state index contributed by atoms with van der Waals surface area (Å²) in [4.78, 5) is 11.7. The second-order valence-corrected chi connectivity index (χ2v) is 6.07. The molecule has 2 atom stereocenters. The Balaban J connectivity index is 1.65. The molecule has 1 aliphatic rings. The van der Waals surface area contributed by atoms with Gasteiger partial charge in [0.15, 0.2) is 0 Å². The van der Waals surface area contributed by atoms with E-state index in [0.717, 1.165) is 25.7 Å². The first kappa shape index (κ1) is 17.0. The van der Waals surface area contributed by atoms with Gasteiger partial charge in [0.2, 0.25) is 5.91 Å². The first-order chi connectivity index (χ1) is 10.5. The maximum Gasteiger partial charge on any atom is 0.223 e. The van der Waals surface area contributed by atoms with Crippen LogP contribution in [0.4, 0.5) is 4.39 Å². The van der Waals surface area contributed by atoms with Crippen LogP contribution < -0.4 is 10.1 Å². The van der Waals surface area contributed by atoms with Gasteiger partial charge in [0.1, 0.15) is 11.6 Å². The molecule has 1 aromatic carbocycles. The van der Waals surface area contributed by atoms with Crippen LogP contribution in [0.5, 0.6) is 5.75 Å². The summed E-state index contributed by atoms with van der Waals surface area (Å²) in [5.74, 6) is 0.189. The number of amides is 1. The number of nitrogens with one attached hydrogen (secondary N) is 1. The third-order valence-corrected chi connectivity index (χ3v) is 4.12. The number of carbonyl (C=O) groups is 1. The van der Waals surface area contributed by atoms with E-state index < -0.39 is 5.82 Å². The number of hydrogen-bond donors (Lipinski definition) is 2. The molecule has 22 heavy (non-hydrogen) atoms. The molecule has 6 heteroatoms. The summed E-state index contributed by atoms with van der Waals surface area (Å²) in [6, 6.07) is 3.88. The lowest BCUT2D eigenvalue weighted by molar-refractivity contribution is -0.121. The van der Waals surface area contributed by atoms with E-state index >= 15 is 0 Å². The van der Waals surface area contributed by atoms with Gasteiger partial charge < -0.3 is 15.2 Å². The highest BCUT2D eigenvalue weighted by Crippen LogP contribution is 2.25. The Morgan fingerprint density at radius 1 is 1.45 bits per heavy atom. The van der Waals surface area contributed by atoms with Gasteiger partial charge in [-0.25, -0.2) is 4.39 Å². The van der Waals surface area contributed by atoms with Crippen molar-refractivity contribution in [3.05, 3.63) is 29.0 Å². The van der Waals surface area contributed by atoms with Gasteiger partial charge >= 0.3 is 0 Å². The summed E-state index contributed by atoms with van der Waals surface area (Å²) in [7, 11) is 0. The van der Waals surface area contributed by atoms with E-state index in [9.17, 15) is 14.3 Å². The highest BCUT2D eigenvalue weighted by Gasteiger charge is 2.20. The van der Waals surface area contributed by atoms with Crippen LogP contribution in [0, 0.1) is 11.7 Å². The average Bonchev–Trinajstić information content (AvgIpc) is 2.47. The summed E-state index contributed by atoms with van der Waals surface area (Å²) in [6.45, 7) is 0.775. The SMILES string of the molecule is O=C(CCOc1ccc(F)cc1Cl)NCC1CCCC(O)C1. The molecule has 122 valence electrons. The van der Waals surface area contributed by atoms with Gasteiger partial charge in [-0.05, 0) is 43.4 Å². The average molecular weight is 330 g/mol. The smallest absolute Gasteiger partial charge is 0.223 e. The molecule has 0 radical (unpaired) electrons. The van der Waals surface area contributed by atoms with Gasteiger partial charge in [0.25, 0.3) is 0 Å². The first-order valence-electron chi connectivity index (χ1n) is 7.57. The van der Waals surface area contributed by atoms with E-state index in [1.165, 1.54) is 18.2 Å². The van der Waals surface area contributed by atoms with Crippen molar-refractivity contribution in [1.29, 1.82) is 0 Å². The third-order valence-electron chi connectivity index (χ3n) is 3.82. The molecule has 1 aliphatic carbocycles. The van der Waals surface area contributed by atoms with E-state index in [2.05, 4.69) is 5.32 Å². The Morgan fingerprint density at radius 3 is 3.00 bits per heavy atom. The second-order valence-electron chi connectivity index (χ2n) is 5.66. The van der Waals surface area contributed by atoms with Crippen molar-refractivity contribution in [2.24, 2.45) is 5.92 Å². The molecule has 1 aromatic rings. The second kappa shape index (κ2) is 8.34.